The third-order valence-electron chi connectivity index (χ3n) is 3.09. The SMILES string of the molecule is C.CN1CCN(C)C1(Cl)Cl.CN1CC[N+](C)=C1Cl.Cl.O.O=[N+]([O-])O. The Morgan fingerprint density at radius 1 is 1.21 bits per heavy atom. The van der Waals surface area contributed by atoms with Crippen LogP contribution < -0.4 is 0 Å². The summed E-state index contributed by atoms with van der Waals surface area (Å²) >= 11 is 17.6. The van der Waals surface area contributed by atoms with Gasteiger partial charge < -0.3 is 10.7 Å². The quantitative estimate of drug-likeness (QED) is 0.200. The summed E-state index contributed by atoms with van der Waals surface area (Å²) < 4.78 is 1.25. The lowest BCUT2D eigenvalue weighted by Gasteiger charge is -2.27. The summed E-state index contributed by atoms with van der Waals surface area (Å²) in [6.45, 7) is 3.97. The molecule has 148 valence electrons. The van der Waals surface area contributed by atoms with Gasteiger partial charge in [-0.3, -0.25) is 19.3 Å². The summed E-state index contributed by atoms with van der Waals surface area (Å²) in [6, 6.07) is 0. The van der Waals surface area contributed by atoms with E-state index in [-0.39, 0.29) is 25.3 Å². The summed E-state index contributed by atoms with van der Waals surface area (Å²) in [4.78, 5) is 14.2. The van der Waals surface area contributed by atoms with Gasteiger partial charge in [0.2, 0.25) is 4.58 Å². The maximum Gasteiger partial charge on any atom is 0.344 e. The minimum atomic E-state index is -1.50. The van der Waals surface area contributed by atoms with Crippen LogP contribution in [0.2, 0.25) is 0 Å². The van der Waals surface area contributed by atoms with E-state index in [0.29, 0.717) is 0 Å². The van der Waals surface area contributed by atoms with Crippen molar-refractivity contribution in [1.29, 1.82) is 0 Å². The monoisotopic (exact) mass is 434 g/mol. The van der Waals surface area contributed by atoms with Crippen molar-refractivity contribution < 1.29 is 20.3 Å². The molecule has 0 aromatic rings. The van der Waals surface area contributed by atoms with Crippen LogP contribution in [0.5, 0.6) is 0 Å². The van der Waals surface area contributed by atoms with Gasteiger partial charge in [-0.05, 0) is 14.1 Å². The molecule has 3 N–H and O–H groups in total. The van der Waals surface area contributed by atoms with E-state index >= 15 is 0 Å². The number of alkyl halides is 2. The molecule has 0 bridgehead atoms. The van der Waals surface area contributed by atoms with Crippen LogP contribution in [0.3, 0.4) is 0 Å². The van der Waals surface area contributed by atoms with Crippen molar-refractivity contribution in [3.63, 3.8) is 0 Å². The van der Waals surface area contributed by atoms with Crippen molar-refractivity contribution in [1.82, 2.24) is 14.7 Å². The third kappa shape index (κ3) is 10.5. The lowest BCUT2D eigenvalue weighted by Crippen LogP contribution is -2.39. The van der Waals surface area contributed by atoms with E-state index < -0.39 is 9.67 Å². The molecule has 9 nitrogen and oxygen atoms in total. The van der Waals surface area contributed by atoms with Gasteiger partial charge in [-0.1, -0.05) is 30.6 Å². The molecule has 2 aliphatic heterocycles. The molecule has 2 heterocycles. The zero-order valence-electron chi connectivity index (χ0n) is 13.4. The molecule has 0 atom stereocenters. The molecule has 0 radical (unpaired) electrons. The number of hydrogen-bond donors (Lipinski definition) is 1. The number of hydrogen-bond acceptors (Lipinski definition) is 5. The van der Waals surface area contributed by atoms with Gasteiger partial charge in [0.15, 0.2) is 0 Å². The Balaban J connectivity index is -0.000000125. The molecule has 0 saturated carbocycles. The second-order valence-electron chi connectivity index (χ2n) is 4.70. The fraction of sp³-hybridized carbons (Fsp3) is 0.909. The van der Waals surface area contributed by atoms with Crippen LogP contribution in [0.1, 0.15) is 7.43 Å². The number of amidine groups is 1. The fourth-order valence-corrected chi connectivity index (χ4v) is 2.14. The maximum absolute atomic E-state index is 8.36. The number of halogens is 4. The molecule has 0 unspecified atom stereocenters. The van der Waals surface area contributed by atoms with Gasteiger partial charge >= 0.3 is 5.29 Å². The van der Waals surface area contributed by atoms with E-state index in [1.165, 1.54) is 0 Å². The Labute approximate surface area is 164 Å². The first-order chi connectivity index (χ1) is 9.50. The van der Waals surface area contributed by atoms with E-state index in [4.69, 9.17) is 50.1 Å². The first-order valence-electron chi connectivity index (χ1n) is 6.08. The molecule has 0 amide bonds. The molecule has 2 aliphatic rings. The minimum absolute atomic E-state index is 0. The van der Waals surface area contributed by atoms with Crippen LogP contribution in [0, 0.1) is 10.1 Å². The predicted octanol–water partition coefficient (Wildman–Crippen LogP) is 1.01. The Kier molecular flexibility index (Phi) is 18.3. The number of rotatable bonds is 0. The largest absolute Gasteiger partial charge is 0.412 e. The van der Waals surface area contributed by atoms with Gasteiger partial charge in [0.1, 0.15) is 13.1 Å². The zero-order chi connectivity index (χ0) is 16.8. The molecule has 13 heteroatoms. The predicted molar refractivity (Wildman–Crippen MR) is 101 cm³/mol. The molecule has 0 aromatic carbocycles. The topological polar surface area (TPSA) is 108 Å². The summed E-state index contributed by atoms with van der Waals surface area (Å²) in [7, 11) is 7.80. The molecular weight excluding hydrogens is 408 g/mol. The molecule has 0 spiro atoms. The Bertz CT molecular complexity index is 385. The lowest BCUT2D eigenvalue weighted by molar-refractivity contribution is -0.742. The summed E-state index contributed by atoms with van der Waals surface area (Å²) in [6.07, 6.45) is 0. The van der Waals surface area contributed by atoms with Gasteiger partial charge in [0.05, 0.1) is 14.1 Å². The number of likely N-dealkylation sites (N-methyl/N-ethyl adjacent to an activating group) is 4. The van der Waals surface area contributed by atoms with Crippen LogP contribution in [-0.2, 0) is 0 Å². The first kappa shape index (κ1) is 31.5. The van der Waals surface area contributed by atoms with E-state index in [2.05, 4.69) is 0 Å². The van der Waals surface area contributed by atoms with Crippen molar-refractivity contribution in [3.05, 3.63) is 10.1 Å². The Morgan fingerprint density at radius 2 is 1.54 bits per heavy atom. The average Bonchev–Trinajstić information content (AvgIpc) is 2.77. The zero-order valence-corrected chi connectivity index (χ0v) is 16.5. The second-order valence-corrected chi connectivity index (χ2v) is 6.29. The van der Waals surface area contributed by atoms with Gasteiger partial charge in [0.25, 0.3) is 5.09 Å². The Morgan fingerprint density at radius 3 is 1.62 bits per heavy atom. The van der Waals surface area contributed by atoms with Gasteiger partial charge in [-0.25, -0.2) is 0 Å². The number of nitrogens with zero attached hydrogens (tertiary/aromatic N) is 5. The van der Waals surface area contributed by atoms with Crippen molar-refractivity contribution in [3.8, 4) is 0 Å². The molecule has 1 saturated heterocycles. The standard InChI is InChI=1S/C5H10Cl2N2.C5H10ClN2.CH4.ClH.HNO3.H2O/c1-8-3-4-9(2)5(8,6)7;1-7-3-4-8(2)5(7)6;;;2-1(3)4;/h3-4H2,1-2H3;3-4H2,1-2H3;1H4;1H;(H,2,3,4);1H2/q;+1;;;;. The molecular formula is C11H28Cl4N5O4+. The molecule has 2 rings (SSSR count). The van der Waals surface area contributed by atoms with Gasteiger partial charge in [-0.2, -0.15) is 0 Å². The van der Waals surface area contributed by atoms with Gasteiger partial charge in [0, 0.05) is 24.7 Å². The van der Waals surface area contributed by atoms with Crippen LogP contribution in [0.25, 0.3) is 0 Å². The van der Waals surface area contributed by atoms with Crippen LogP contribution >= 0.6 is 47.2 Å². The Hall–Kier alpha value is -0.290. The lowest BCUT2D eigenvalue weighted by atomic mass is 10.6. The summed E-state index contributed by atoms with van der Waals surface area (Å²) in [5, 5.41) is 14.5. The smallest absolute Gasteiger partial charge is 0.344 e. The van der Waals surface area contributed by atoms with Crippen LogP contribution in [-0.4, -0.2) is 99.3 Å². The van der Waals surface area contributed by atoms with Crippen LogP contribution in [0.15, 0.2) is 0 Å². The molecule has 0 aliphatic carbocycles. The highest BCUT2D eigenvalue weighted by molar-refractivity contribution is 6.63. The van der Waals surface area contributed by atoms with E-state index in [1.807, 2.05) is 47.5 Å². The minimum Gasteiger partial charge on any atom is -0.412 e. The van der Waals surface area contributed by atoms with Gasteiger partial charge in [-0.15, -0.1) is 22.5 Å². The van der Waals surface area contributed by atoms with Crippen molar-refractivity contribution >= 4 is 52.5 Å². The van der Waals surface area contributed by atoms with E-state index in [9.17, 15) is 0 Å². The third-order valence-corrected chi connectivity index (χ3v) is 4.82. The van der Waals surface area contributed by atoms with Crippen molar-refractivity contribution in [2.75, 3.05) is 54.4 Å². The summed E-state index contributed by atoms with van der Waals surface area (Å²) in [5.41, 5.74) is 0. The summed E-state index contributed by atoms with van der Waals surface area (Å²) in [5.74, 6) is 0. The van der Waals surface area contributed by atoms with Crippen molar-refractivity contribution in [2.24, 2.45) is 0 Å². The van der Waals surface area contributed by atoms with E-state index in [0.717, 1.165) is 31.5 Å². The average molecular weight is 436 g/mol. The second kappa shape index (κ2) is 13.9. The maximum atomic E-state index is 8.36. The molecule has 1 fully saturated rings. The molecule has 24 heavy (non-hydrogen) atoms. The highest BCUT2D eigenvalue weighted by Gasteiger charge is 2.39. The molecule has 0 aromatic heterocycles. The highest BCUT2D eigenvalue weighted by Crippen LogP contribution is 2.31. The highest BCUT2D eigenvalue weighted by atomic mass is 35.5. The van der Waals surface area contributed by atoms with Crippen LogP contribution in [0.4, 0.5) is 0 Å². The van der Waals surface area contributed by atoms with E-state index in [1.54, 1.807) is 0 Å². The first-order valence-corrected chi connectivity index (χ1v) is 7.21. The van der Waals surface area contributed by atoms with Crippen molar-refractivity contribution in [2.45, 2.75) is 12.0 Å². The normalized spacial score (nSPS) is 18.9. The fourth-order valence-electron chi connectivity index (χ4n) is 1.64.